The summed E-state index contributed by atoms with van der Waals surface area (Å²) >= 11 is 0. The van der Waals surface area contributed by atoms with E-state index < -0.39 is 5.97 Å². The minimum Gasteiger partial charge on any atom is -0.462 e. The molecule has 1 aliphatic rings. The highest BCUT2D eigenvalue weighted by Gasteiger charge is 2.29. The van der Waals surface area contributed by atoms with E-state index in [4.69, 9.17) is 9.72 Å². The number of hydrogen-bond donors (Lipinski definition) is 0. The standard InChI is InChI=1S/C18H20N6O2/c1-3-26-18(25)14-10-21-24-8-6-16(22-17(14)24)23-7-4-5-15(23)13-9-19-11-20-12(13)2/h6,8-11,15H,3-5,7H2,1-2H3. The van der Waals surface area contributed by atoms with E-state index in [1.54, 1.807) is 17.8 Å². The van der Waals surface area contributed by atoms with Gasteiger partial charge in [0.1, 0.15) is 17.7 Å². The Kier molecular flexibility index (Phi) is 4.24. The summed E-state index contributed by atoms with van der Waals surface area (Å²) in [5.74, 6) is 0.409. The highest BCUT2D eigenvalue weighted by Crippen LogP contribution is 2.36. The van der Waals surface area contributed by atoms with E-state index in [-0.39, 0.29) is 6.04 Å². The van der Waals surface area contributed by atoms with Crippen LogP contribution in [0, 0.1) is 6.92 Å². The molecule has 4 rings (SSSR count). The van der Waals surface area contributed by atoms with Gasteiger partial charge in [-0.2, -0.15) is 5.10 Å². The van der Waals surface area contributed by atoms with E-state index in [1.807, 2.05) is 25.4 Å². The maximum absolute atomic E-state index is 12.1. The molecular formula is C18H20N6O2. The third kappa shape index (κ3) is 2.77. The van der Waals surface area contributed by atoms with Crippen molar-refractivity contribution in [3.63, 3.8) is 0 Å². The van der Waals surface area contributed by atoms with Crippen molar-refractivity contribution in [2.75, 3.05) is 18.1 Å². The van der Waals surface area contributed by atoms with Crippen molar-refractivity contribution in [2.24, 2.45) is 0 Å². The van der Waals surface area contributed by atoms with Gasteiger partial charge in [-0.05, 0) is 32.8 Å². The Labute approximate surface area is 150 Å². The summed E-state index contributed by atoms with van der Waals surface area (Å²) < 4.78 is 6.70. The number of esters is 1. The molecule has 0 bridgehead atoms. The van der Waals surface area contributed by atoms with Gasteiger partial charge in [-0.15, -0.1) is 0 Å². The van der Waals surface area contributed by atoms with Crippen LogP contribution in [0.2, 0.25) is 0 Å². The lowest BCUT2D eigenvalue weighted by Gasteiger charge is -2.26. The Balaban J connectivity index is 1.73. The molecule has 0 amide bonds. The molecule has 3 aromatic rings. The quantitative estimate of drug-likeness (QED) is 0.666. The Hall–Kier alpha value is -3.03. The second-order valence-corrected chi connectivity index (χ2v) is 6.25. The van der Waals surface area contributed by atoms with Gasteiger partial charge >= 0.3 is 5.97 Å². The molecule has 1 unspecified atom stereocenters. The number of carbonyl (C=O) groups is 1. The maximum atomic E-state index is 12.1. The first-order valence-electron chi connectivity index (χ1n) is 8.73. The Morgan fingerprint density at radius 2 is 2.27 bits per heavy atom. The van der Waals surface area contributed by atoms with Crippen molar-refractivity contribution in [2.45, 2.75) is 32.7 Å². The molecule has 1 atom stereocenters. The van der Waals surface area contributed by atoms with E-state index in [0.29, 0.717) is 17.8 Å². The molecule has 4 heterocycles. The molecule has 1 fully saturated rings. The molecule has 0 spiro atoms. The van der Waals surface area contributed by atoms with E-state index in [9.17, 15) is 4.79 Å². The van der Waals surface area contributed by atoms with E-state index in [1.165, 1.54) is 6.20 Å². The van der Waals surface area contributed by atoms with E-state index in [2.05, 4.69) is 20.0 Å². The number of ether oxygens (including phenoxy) is 1. The normalized spacial score (nSPS) is 17.0. The number of rotatable bonds is 4. The summed E-state index contributed by atoms with van der Waals surface area (Å²) in [5.41, 5.74) is 2.98. The van der Waals surface area contributed by atoms with Crippen LogP contribution >= 0.6 is 0 Å². The van der Waals surface area contributed by atoms with Gasteiger partial charge in [-0.3, -0.25) is 0 Å². The lowest BCUT2D eigenvalue weighted by Crippen LogP contribution is -2.24. The second-order valence-electron chi connectivity index (χ2n) is 6.25. The predicted octanol–water partition coefficient (Wildman–Crippen LogP) is 2.35. The van der Waals surface area contributed by atoms with Gasteiger partial charge in [0.25, 0.3) is 0 Å². The van der Waals surface area contributed by atoms with Crippen molar-refractivity contribution in [1.29, 1.82) is 0 Å². The SMILES string of the molecule is CCOC(=O)c1cnn2ccc(N3CCCC3c3cncnc3C)nc12. The highest BCUT2D eigenvalue weighted by atomic mass is 16.5. The summed E-state index contributed by atoms with van der Waals surface area (Å²) in [7, 11) is 0. The number of hydrogen-bond acceptors (Lipinski definition) is 7. The van der Waals surface area contributed by atoms with Gasteiger partial charge in [0.2, 0.25) is 0 Å². The smallest absolute Gasteiger partial charge is 0.343 e. The molecular weight excluding hydrogens is 332 g/mol. The summed E-state index contributed by atoms with van der Waals surface area (Å²) in [6.07, 6.45) is 8.86. The molecule has 134 valence electrons. The summed E-state index contributed by atoms with van der Waals surface area (Å²) in [5, 5.41) is 4.20. The topological polar surface area (TPSA) is 85.5 Å². The average molecular weight is 352 g/mol. The molecule has 0 saturated carbocycles. The van der Waals surface area contributed by atoms with Gasteiger partial charge in [0, 0.05) is 30.2 Å². The lowest BCUT2D eigenvalue weighted by atomic mass is 10.1. The van der Waals surface area contributed by atoms with Crippen molar-refractivity contribution in [3.8, 4) is 0 Å². The average Bonchev–Trinajstić information content (AvgIpc) is 3.28. The summed E-state index contributed by atoms with van der Waals surface area (Å²) in [6, 6.07) is 2.10. The number of anilines is 1. The van der Waals surface area contributed by atoms with Crippen LogP contribution in [0.5, 0.6) is 0 Å². The molecule has 8 heteroatoms. The third-order valence-electron chi connectivity index (χ3n) is 4.71. The Morgan fingerprint density at radius 3 is 3.08 bits per heavy atom. The minimum atomic E-state index is -0.405. The molecule has 26 heavy (non-hydrogen) atoms. The van der Waals surface area contributed by atoms with Crippen LogP contribution < -0.4 is 4.90 Å². The summed E-state index contributed by atoms with van der Waals surface area (Å²) in [4.78, 5) is 27.6. The first-order chi connectivity index (χ1) is 12.7. The maximum Gasteiger partial charge on any atom is 0.343 e. The lowest BCUT2D eigenvalue weighted by molar-refractivity contribution is 0.0528. The van der Waals surface area contributed by atoms with Gasteiger partial charge < -0.3 is 9.64 Å². The van der Waals surface area contributed by atoms with Crippen LogP contribution in [0.4, 0.5) is 5.82 Å². The van der Waals surface area contributed by atoms with Crippen LogP contribution in [0.1, 0.15) is 47.4 Å². The van der Waals surface area contributed by atoms with Crippen molar-refractivity contribution >= 4 is 17.4 Å². The highest BCUT2D eigenvalue weighted by molar-refractivity contribution is 5.95. The van der Waals surface area contributed by atoms with Crippen molar-refractivity contribution < 1.29 is 9.53 Å². The number of carbonyl (C=O) groups excluding carboxylic acids is 1. The fourth-order valence-corrected chi connectivity index (χ4v) is 3.47. The number of nitrogens with zero attached hydrogens (tertiary/aromatic N) is 6. The first-order valence-corrected chi connectivity index (χ1v) is 8.73. The first kappa shape index (κ1) is 16.4. The summed E-state index contributed by atoms with van der Waals surface area (Å²) in [6.45, 7) is 4.99. The van der Waals surface area contributed by atoms with Crippen LogP contribution in [0.3, 0.4) is 0 Å². The monoisotopic (exact) mass is 352 g/mol. The third-order valence-corrected chi connectivity index (χ3v) is 4.71. The fourth-order valence-electron chi connectivity index (χ4n) is 3.47. The molecule has 1 aliphatic heterocycles. The molecule has 3 aromatic heterocycles. The zero-order chi connectivity index (χ0) is 18.1. The van der Waals surface area contributed by atoms with Gasteiger partial charge in [0.05, 0.1) is 18.8 Å². The molecule has 0 aliphatic carbocycles. The Bertz CT molecular complexity index is 954. The number of aromatic nitrogens is 5. The second kappa shape index (κ2) is 6.70. The van der Waals surface area contributed by atoms with E-state index >= 15 is 0 Å². The van der Waals surface area contributed by atoms with Crippen LogP contribution in [0.25, 0.3) is 5.65 Å². The number of aryl methyl sites for hydroxylation is 1. The Morgan fingerprint density at radius 1 is 1.38 bits per heavy atom. The molecule has 1 saturated heterocycles. The van der Waals surface area contributed by atoms with Crippen LogP contribution in [-0.4, -0.2) is 43.7 Å². The van der Waals surface area contributed by atoms with Gasteiger partial charge in [0.15, 0.2) is 5.65 Å². The van der Waals surface area contributed by atoms with Crippen LogP contribution in [-0.2, 0) is 4.74 Å². The van der Waals surface area contributed by atoms with Gasteiger partial charge in [-0.25, -0.2) is 24.3 Å². The van der Waals surface area contributed by atoms with E-state index in [0.717, 1.165) is 36.5 Å². The zero-order valence-corrected chi connectivity index (χ0v) is 14.8. The molecule has 0 aromatic carbocycles. The molecule has 0 N–H and O–H groups in total. The van der Waals surface area contributed by atoms with Gasteiger partial charge in [-0.1, -0.05) is 0 Å². The van der Waals surface area contributed by atoms with Crippen molar-refractivity contribution in [1.82, 2.24) is 24.6 Å². The fraction of sp³-hybridized carbons (Fsp3) is 0.389. The predicted molar refractivity (Wildman–Crippen MR) is 95.0 cm³/mol. The minimum absolute atomic E-state index is 0.181. The molecule has 8 nitrogen and oxygen atoms in total. The van der Waals surface area contributed by atoms with Crippen LogP contribution in [0.15, 0.2) is 31.0 Å². The molecule has 0 radical (unpaired) electrons. The van der Waals surface area contributed by atoms with Crippen molar-refractivity contribution in [3.05, 3.63) is 47.8 Å². The number of fused-ring (bicyclic) bond motifs is 1. The zero-order valence-electron chi connectivity index (χ0n) is 14.8. The largest absolute Gasteiger partial charge is 0.462 e.